The quantitative estimate of drug-likeness (QED) is 0.741. The van der Waals surface area contributed by atoms with E-state index < -0.39 is 0 Å². The molecule has 2 heterocycles. The first kappa shape index (κ1) is 15.2. The second-order valence-corrected chi connectivity index (χ2v) is 7.23. The molecule has 0 spiro atoms. The van der Waals surface area contributed by atoms with Gasteiger partial charge in [0.15, 0.2) is 0 Å². The second-order valence-electron chi connectivity index (χ2n) is 5.64. The van der Waals surface area contributed by atoms with Gasteiger partial charge >= 0.3 is 0 Å². The molecular formula is C15H13N5O2S2. The molecule has 1 aromatic carbocycles. The van der Waals surface area contributed by atoms with Crippen molar-refractivity contribution in [2.75, 3.05) is 0 Å². The molecule has 0 saturated heterocycles. The third-order valence-corrected chi connectivity index (χ3v) is 5.53. The highest BCUT2D eigenvalue weighted by Gasteiger charge is 2.32. The highest BCUT2D eigenvalue weighted by atomic mass is 32.1. The van der Waals surface area contributed by atoms with Gasteiger partial charge in [0.2, 0.25) is 0 Å². The average molecular weight is 359 g/mol. The zero-order valence-corrected chi connectivity index (χ0v) is 14.1. The predicted octanol–water partition coefficient (Wildman–Crippen LogP) is 1.84. The summed E-state index contributed by atoms with van der Waals surface area (Å²) in [5.74, 6) is -0.250. The van der Waals surface area contributed by atoms with Crippen molar-refractivity contribution in [1.29, 1.82) is 0 Å². The molecule has 7 nitrogen and oxygen atoms in total. The summed E-state index contributed by atoms with van der Waals surface area (Å²) in [6.45, 7) is 0. The van der Waals surface area contributed by atoms with E-state index in [0.29, 0.717) is 10.4 Å². The van der Waals surface area contributed by atoms with Crippen LogP contribution in [-0.4, -0.2) is 37.9 Å². The average Bonchev–Trinajstić information content (AvgIpc) is 3.23. The van der Waals surface area contributed by atoms with E-state index in [9.17, 15) is 9.59 Å². The van der Waals surface area contributed by atoms with Crippen LogP contribution in [0.3, 0.4) is 0 Å². The Balaban J connectivity index is 1.32. The SMILES string of the molecule is O=C(NC1CC(NC(=O)c2cccc3cnsc23)C1)c1cnns1. The molecule has 1 saturated carbocycles. The first-order chi connectivity index (χ1) is 11.7. The molecule has 0 atom stereocenters. The molecule has 2 N–H and O–H groups in total. The number of carbonyl (C=O) groups is 2. The predicted molar refractivity (Wildman–Crippen MR) is 91.3 cm³/mol. The lowest BCUT2D eigenvalue weighted by molar-refractivity contribution is 0.0866. The van der Waals surface area contributed by atoms with E-state index in [1.54, 1.807) is 6.20 Å². The maximum absolute atomic E-state index is 12.4. The Morgan fingerprint density at radius 2 is 1.83 bits per heavy atom. The highest BCUT2D eigenvalue weighted by molar-refractivity contribution is 7.13. The van der Waals surface area contributed by atoms with Crippen molar-refractivity contribution in [3.63, 3.8) is 0 Å². The summed E-state index contributed by atoms with van der Waals surface area (Å²) in [4.78, 5) is 24.8. The van der Waals surface area contributed by atoms with E-state index in [-0.39, 0.29) is 23.9 Å². The Labute approximate surface area is 145 Å². The molecule has 2 aromatic heterocycles. The third-order valence-electron chi connectivity index (χ3n) is 4.02. The van der Waals surface area contributed by atoms with Gasteiger partial charge in [0.1, 0.15) is 4.88 Å². The van der Waals surface area contributed by atoms with Crippen LogP contribution in [0.5, 0.6) is 0 Å². The Kier molecular flexibility index (Phi) is 3.95. The maximum atomic E-state index is 12.4. The van der Waals surface area contributed by atoms with Gasteiger partial charge in [0.05, 0.1) is 16.5 Å². The minimum atomic E-state index is -0.158. The van der Waals surface area contributed by atoms with Crippen molar-refractivity contribution < 1.29 is 9.59 Å². The number of hydrogen-bond acceptors (Lipinski definition) is 7. The van der Waals surface area contributed by atoms with Crippen molar-refractivity contribution in [3.8, 4) is 0 Å². The highest BCUT2D eigenvalue weighted by Crippen LogP contribution is 2.25. The molecule has 2 amide bonds. The number of hydrogen-bond donors (Lipinski definition) is 2. The van der Waals surface area contributed by atoms with Crippen LogP contribution in [0.15, 0.2) is 30.6 Å². The van der Waals surface area contributed by atoms with Gasteiger partial charge in [0, 0.05) is 23.7 Å². The number of carbonyl (C=O) groups excluding carboxylic acids is 2. The molecule has 1 aliphatic carbocycles. The Morgan fingerprint density at radius 1 is 1.04 bits per heavy atom. The standard InChI is InChI=1S/C15H13N5O2S2/c21-14(11-3-1-2-8-6-17-24-13(8)11)18-9-4-10(5-9)19-15(22)12-7-16-20-23-12/h1-3,6-7,9-10H,4-5H2,(H,18,21)(H,19,22). The van der Waals surface area contributed by atoms with Crippen LogP contribution in [0.2, 0.25) is 0 Å². The van der Waals surface area contributed by atoms with Crippen LogP contribution in [0.25, 0.3) is 10.1 Å². The lowest BCUT2D eigenvalue weighted by Crippen LogP contribution is -2.53. The van der Waals surface area contributed by atoms with E-state index in [1.165, 1.54) is 17.7 Å². The molecular weight excluding hydrogens is 346 g/mol. The van der Waals surface area contributed by atoms with Gasteiger partial charge in [-0.25, -0.2) is 0 Å². The van der Waals surface area contributed by atoms with Crippen molar-refractivity contribution in [1.82, 2.24) is 24.6 Å². The smallest absolute Gasteiger partial charge is 0.264 e. The number of aromatic nitrogens is 3. The van der Waals surface area contributed by atoms with Gasteiger partial charge in [-0.2, -0.15) is 4.37 Å². The fraction of sp³-hybridized carbons (Fsp3) is 0.267. The number of amides is 2. The van der Waals surface area contributed by atoms with Crippen LogP contribution in [0.1, 0.15) is 32.9 Å². The molecule has 1 fully saturated rings. The van der Waals surface area contributed by atoms with Crippen molar-refractivity contribution in [2.24, 2.45) is 0 Å². The number of rotatable bonds is 4. The van der Waals surface area contributed by atoms with Crippen molar-refractivity contribution in [2.45, 2.75) is 24.9 Å². The minimum absolute atomic E-state index is 0.0732. The molecule has 1 aliphatic rings. The molecule has 0 radical (unpaired) electrons. The normalized spacial score (nSPS) is 19.7. The number of nitrogens with one attached hydrogen (secondary N) is 2. The summed E-state index contributed by atoms with van der Waals surface area (Å²) in [5.41, 5.74) is 0.651. The first-order valence-electron chi connectivity index (χ1n) is 7.43. The summed E-state index contributed by atoms with van der Waals surface area (Å²) < 4.78 is 8.70. The summed E-state index contributed by atoms with van der Waals surface area (Å²) in [6.07, 6.45) is 4.67. The van der Waals surface area contributed by atoms with Gasteiger partial charge in [0.25, 0.3) is 11.8 Å². The third kappa shape index (κ3) is 2.87. The monoisotopic (exact) mass is 359 g/mol. The number of benzene rings is 1. The number of nitrogens with zero attached hydrogens (tertiary/aromatic N) is 3. The van der Waals surface area contributed by atoms with E-state index >= 15 is 0 Å². The molecule has 9 heteroatoms. The zero-order chi connectivity index (χ0) is 16.5. The van der Waals surface area contributed by atoms with Gasteiger partial charge in [-0.3, -0.25) is 9.59 Å². The maximum Gasteiger partial charge on any atom is 0.264 e. The van der Waals surface area contributed by atoms with Gasteiger partial charge in [-0.15, -0.1) is 5.10 Å². The van der Waals surface area contributed by atoms with Crippen molar-refractivity contribution >= 4 is 45.0 Å². The molecule has 24 heavy (non-hydrogen) atoms. The fourth-order valence-corrected chi connectivity index (χ4v) is 3.89. The van der Waals surface area contributed by atoms with Gasteiger partial charge in [-0.05, 0) is 42.0 Å². The van der Waals surface area contributed by atoms with Crippen LogP contribution < -0.4 is 10.6 Å². The molecule has 3 aromatic rings. The summed E-state index contributed by atoms with van der Waals surface area (Å²) >= 11 is 2.39. The van der Waals surface area contributed by atoms with E-state index in [1.807, 2.05) is 18.2 Å². The first-order valence-corrected chi connectivity index (χ1v) is 8.98. The zero-order valence-electron chi connectivity index (χ0n) is 12.4. The second kappa shape index (κ2) is 6.25. The van der Waals surface area contributed by atoms with Gasteiger partial charge in [-0.1, -0.05) is 16.6 Å². The molecule has 0 bridgehead atoms. The summed E-state index contributed by atoms with van der Waals surface area (Å²) in [5, 5.41) is 10.6. The van der Waals surface area contributed by atoms with Crippen LogP contribution in [0.4, 0.5) is 0 Å². The molecule has 4 rings (SSSR count). The van der Waals surface area contributed by atoms with E-state index in [0.717, 1.165) is 34.5 Å². The Hall–Kier alpha value is -2.39. The van der Waals surface area contributed by atoms with Crippen LogP contribution >= 0.6 is 23.1 Å². The van der Waals surface area contributed by atoms with E-state index in [4.69, 9.17) is 0 Å². The summed E-state index contributed by atoms with van der Waals surface area (Å²) in [6, 6.07) is 5.76. The van der Waals surface area contributed by atoms with E-state index in [2.05, 4.69) is 24.6 Å². The fourth-order valence-electron chi connectivity index (χ4n) is 2.71. The van der Waals surface area contributed by atoms with Crippen molar-refractivity contribution in [3.05, 3.63) is 41.0 Å². The molecule has 0 aliphatic heterocycles. The topological polar surface area (TPSA) is 96.9 Å². The molecule has 122 valence electrons. The lowest BCUT2D eigenvalue weighted by Gasteiger charge is -2.36. The number of fused-ring (bicyclic) bond motifs is 1. The summed E-state index contributed by atoms with van der Waals surface area (Å²) in [7, 11) is 0. The largest absolute Gasteiger partial charge is 0.349 e. The van der Waals surface area contributed by atoms with Crippen LogP contribution in [-0.2, 0) is 0 Å². The lowest BCUT2D eigenvalue weighted by atomic mass is 9.86. The Bertz CT molecular complexity index is 886. The van der Waals surface area contributed by atoms with Crippen LogP contribution in [0, 0.1) is 0 Å². The van der Waals surface area contributed by atoms with Gasteiger partial charge < -0.3 is 10.6 Å². The molecule has 0 unspecified atom stereocenters. The Morgan fingerprint density at radius 3 is 2.58 bits per heavy atom. The minimum Gasteiger partial charge on any atom is -0.349 e.